The van der Waals surface area contributed by atoms with E-state index in [9.17, 15) is 9.90 Å². The Kier molecular flexibility index (Phi) is 3.15. The number of aromatic nitrogens is 2. The molecule has 1 aromatic carbocycles. The zero-order valence-electron chi connectivity index (χ0n) is 7.57. The van der Waals surface area contributed by atoms with Crippen LogP contribution in [-0.4, -0.2) is 10.2 Å². The van der Waals surface area contributed by atoms with Gasteiger partial charge in [0.25, 0.3) is 5.56 Å². The van der Waals surface area contributed by atoms with Crippen molar-refractivity contribution in [3.8, 4) is 5.88 Å². The summed E-state index contributed by atoms with van der Waals surface area (Å²) in [6, 6.07) is 4.70. The van der Waals surface area contributed by atoms with Crippen LogP contribution in [0.3, 0.4) is 0 Å². The second kappa shape index (κ2) is 4.00. The average Bonchev–Trinajstić information content (AvgIpc) is 2.12. The Morgan fingerprint density at radius 2 is 2.14 bits per heavy atom. The molecular weight excluding hydrogens is 193 g/mol. The molecule has 0 aliphatic heterocycles. The maximum Gasteiger partial charge on any atom is 1.00 e. The number of hydrogen-bond acceptors (Lipinski definition) is 4. The SMILES string of the molecule is Nc1cccc2c([O-])n[nH]c(=O)c12.[Na+]. The number of nitrogens with two attached hydrogens (primary N) is 1. The van der Waals surface area contributed by atoms with Crippen molar-refractivity contribution in [3.05, 3.63) is 28.6 Å². The molecule has 2 rings (SSSR count). The first kappa shape index (κ1) is 11.0. The van der Waals surface area contributed by atoms with Crippen molar-refractivity contribution in [2.75, 3.05) is 5.73 Å². The van der Waals surface area contributed by atoms with Gasteiger partial charge in [-0.2, -0.15) is 5.10 Å². The summed E-state index contributed by atoms with van der Waals surface area (Å²) in [5, 5.41) is 17.0. The van der Waals surface area contributed by atoms with Crippen LogP contribution in [0.5, 0.6) is 5.88 Å². The third-order valence-electron chi connectivity index (χ3n) is 1.81. The van der Waals surface area contributed by atoms with E-state index in [0.717, 1.165) is 0 Å². The number of nitrogen functional groups attached to an aromatic ring is 1. The van der Waals surface area contributed by atoms with E-state index in [1.165, 1.54) is 6.07 Å². The molecule has 0 aliphatic carbocycles. The van der Waals surface area contributed by atoms with Gasteiger partial charge in [-0.3, -0.25) is 4.79 Å². The van der Waals surface area contributed by atoms with E-state index in [4.69, 9.17) is 5.73 Å². The molecule has 0 atom stereocenters. The largest absolute Gasteiger partial charge is 1.00 e. The van der Waals surface area contributed by atoms with Gasteiger partial charge >= 0.3 is 29.6 Å². The maximum atomic E-state index is 11.2. The summed E-state index contributed by atoms with van der Waals surface area (Å²) in [6.45, 7) is 0. The molecule has 0 unspecified atom stereocenters. The Labute approximate surface area is 101 Å². The summed E-state index contributed by atoms with van der Waals surface area (Å²) in [7, 11) is 0. The van der Waals surface area contributed by atoms with Crippen LogP contribution in [0.4, 0.5) is 5.69 Å². The maximum absolute atomic E-state index is 11.2. The Balaban J connectivity index is 0.000000980. The number of anilines is 1. The molecule has 0 saturated heterocycles. The predicted octanol–water partition coefficient (Wildman–Crippen LogP) is -3.42. The van der Waals surface area contributed by atoms with E-state index in [-0.39, 0.29) is 40.3 Å². The summed E-state index contributed by atoms with van der Waals surface area (Å²) in [6.07, 6.45) is 0. The van der Waals surface area contributed by atoms with E-state index in [0.29, 0.717) is 5.69 Å². The van der Waals surface area contributed by atoms with Gasteiger partial charge in [0.1, 0.15) is 0 Å². The molecular formula is C8H6N3NaO2. The number of rotatable bonds is 0. The molecule has 1 heterocycles. The van der Waals surface area contributed by atoms with Crippen molar-refractivity contribution in [3.63, 3.8) is 0 Å². The zero-order valence-corrected chi connectivity index (χ0v) is 9.57. The minimum Gasteiger partial charge on any atom is -0.857 e. The van der Waals surface area contributed by atoms with Crippen LogP contribution in [-0.2, 0) is 0 Å². The third-order valence-corrected chi connectivity index (χ3v) is 1.81. The van der Waals surface area contributed by atoms with Crippen LogP contribution >= 0.6 is 0 Å². The van der Waals surface area contributed by atoms with Gasteiger partial charge < -0.3 is 10.8 Å². The van der Waals surface area contributed by atoms with Gasteiger partial charge in [-0.05, 0) is 6.07 Å². The molecule has 0 aliphatic rings. The van der Waals surface area contributed by atoms with Crippen LogP contribution in [0.2, 0.25) is 0 Å². The number of aromatic amines is 1. The van der Waals surface area contributed by atoms with E-state index in [1.807, 2.05) is 0 Å². The first-order valence-corrected chi connectivity index (χ1v) is 3.64. The van der Waals surface area contributed by atoms with Gasteiger partial charge in [-0.15, -0.1) is 0 Å². The van der Waals surface area contributed by atoms with Crippen molar-refractivity contribution in [2.24, 2.45) is 0 Å². The monoisotopic (exact) mass is 199 g/mol. The molecule has 1 aromatic heterocycles. The van der Waals surface area contributed by atoms with Gasteiger partial charge in [-0.25, -0.2) is 5.10 Å². The summed E-state index contributed by atoms with van der Waals surface area (Å²) in [4.78, 5) is 11.2. The fraction of sp³-hybridized carbons (Fsp3) is 0. The fourth-order valence-corrected chi connectivity index (χ4v) is 1.22. The Hall–Kier alpha value is -1.04. The van der Waals surface area contributed by atoms with Crippen LogP contribution < -0.4 is 46.0 Å². The topological polar surface area (TPSA) is 94.8 Å². The van der Waals surface area contributed by atoms with Crippen LogP contribution in [0.15, 0.2) is 23.0 Å². The summed E-state index contributed by atoms with van der Waals surface area (Å²) >= 11 is 0. The second-order valence-corrected chi connectivity index (χ2v) is 2.63. The predicted molar refractivity (Wildman–Crippen MR) is 46.2 cm³/mol. The van der Waals surface area contributed by atoms with E-state index in [1.54, 1.807) is 12.1 Å². The Morgan fingerprint density at radius 1 is 1.43 bits per heavy atom. The molecule has 0 amide bonds. The first-order valence-electron chi connectivity index (χ1n) is 3.64. The molecule has 6 heteroatoms. The van der Waals surface area contributed by atoms with Crippen molar-refractivity contribution in [1.29, 1.82) is 0 Å². The van der Waals surface area contributed by atoms with Gasteiger partial charge in [0.15, 0.2) is 0 Å². The van der Waals surface area contributed by atoms with Crippen LogP contribution in [0, 0.1) is 0 Å². The standard InChI is InChI=1S/C8H7N3O2.Na/c9-5-3-1-2-4-6(5)8(13)11-10-7(4)12;/h1-3H,9H2,(H,10,12)(H,11,13);/q;+1/p-1. The van der Waals surface area contributed by atoms with Gasteiger partial charge in [0.05, 0.1) is 5.39 Å². The molecule has 66 valence electrons. The Morgan fingerprint density at radius 3 is 2.79 bits per heavy atom. The normalized spacial score (nSPS) is 9.71. The van der Waals surface area contributed by atoms with E-state index in [2.05, 4.69) is 10.2 Å². The molecule has 14 heavy (non-hydrogen) atoms. The zero-order chi connectivity index (χ0) is 9.42. The van der Waals surface area contributed by atoms with Crippen molar-refractivity contribution in [1.82, 2.24) is 10.2 Å². The Bertz CT molecular complexity index is 523. The molecule has 2 aromatic rings. The van der Waals surface area contributed by atoms with E-state index >= 15 is 0 Å². The first-order chi connectivity index (χ1) is 6.20. The number of fused-ring (bicyclic) bond motifs is 1. The molecule has 3 N–H and O–H groups in total. The molecule has 0 spiro atoms. The number of H-pyrrole nitrogens is 1. The quantitative estimate of drug-likeness (QED) is 0.341. The summed E-state index contributed by atoms with van der Waals surface area (Å²) in [5.41, 5.74) is 5.39. The number of nitrogens with one attached hydrogen (secondary N) is 1. The number of benzene rings is 1. The van der Waals surface area contributed by atoms with Gasteiger partial charge in [0.2, 0.25) is 0 Å². The van der Waals surface area contributed by atoms with Crippen molar-refractivity contribution >= 4 is 16.5 Å². The van der Waals surface area contributed by atoms with Crippen molar-refractivity contribution in [2.45, 2.75) is 0 Å². The smallest absolute Gasteiger partial charge is 0.857 e. The molecule has 0 fully saturated rings. The van der Waals surface area contributed by atoms with Gasteiger partial charge in [0, 0.05) is 17.0 Å². The van der Waals surface area contributed by atoms with Crippen molar-refractivity contribution < 1.29 is 34.7 Å². The van der Waals surface area contributed by atoms with Crippen LogP contribution in [0.25, 0.3) is 10.8 Å². The van der Waals surface area contributed by atoms with Crippen LogP contribution in [0.1, 0.15) is 0 Å². The van der Waals surface area contributed by atoms with Gasteiger partial charge in [-0.1, -0.05) is 12.1 Å². The average molecular weight is 199 g/mol. The summed E-state index contributed by atoms with van der Waals surface area (Å²) < 4.78 is 0. The third kappa shape index (κ3) is 1.61. The minimum absolute atomic E-state index is 0. The van der Waals surface area contributed by atoms with E-state index < -0.39 is 11.4 Å². The number of hydrogen-bond donors (Lipinski definition) is 2. The molecule has 0 bridgehead atoms. The second-order valence-electron chi connectivity index (χ2n) is 2.63. The molecule has 0 saturated carbocycles. The minimum atomic E-state index is -0.470. The molecule has 5 nitrogen and oxygen atoms in total. The summed E-state index contributed by atoms with van der Waals surface area (Å²) in [5.74, 6) is -0.470. The number of nitrogens with zero attached hydrogens (tertiary/aromatic N) is 1. The molecule has 0 radical (unpaired) electrons. The fourth-order valence-electron chi connectivity index (χ4n) is 1.22.